The van der Waals surface area contributed by atoms with Gasteiger partial charge in [-0.05, 0) is 72.8 Å². The van der Waals surface area contributed by atoms with E-state index in [1.807, 2.05) is 12.1 Å². The lowest BCUT2D eigenvalue weighted by atomic mass is 10.0. The number of piperidine rings is 1. The molecule has 174 valence electrons. The number of hydrogen-bond acceptors (Lipinski definition) is 6. The number of hydrogen-bond donors (Lipinski definition) is 2. The topological polar surface area (TPSA) is 56.8 Å². The first-order chi connectivity index (χ1) is 15.7. The molecule has 32 heavy (non-hydrogen) atoms. The number of nitrogens with one attached hydrogen (secondary N) is 2. The average molecular weight is 457 g/mol. The SMILES string of the molecule is C[C@H](Cc1ccsc1)NC1CCN(c2ccc(C(=O)NCCN3CCOCC3)cc2)CC1. The standard InChI is InChI=1S/C25H36N4O2S/c1-20(18-21-8-17-32-19-21)27-23-6-10-29(11-7-23)24-4-2-22(3-5-24)25(30)26-9-12-28-13-15-31-16-14-28/h2-5,8,17,19-20,23,27H,6-7,9-16,18H2,1H3,(H,26,30)/t20-/m1/s1. The number of ether oxygens (including phenoxy) is 1. The molecule has 0 spiro atoms. The number of anilines is 1. The van der Waals surface area contributed by atoms with Crippen LogP contribution in [0.4, 0.5) is 5.69 Å². The maximum absolute atomic E-state index is 12.5. The lowest BCUT2D eigenvalue weighted by Crippen LogP contribution is -2.46. The molecule has 1 aromatic carbocycles. The van der Waals surface area contributed by atoms with Crippen molar-refractivity contribution >= 4 is 22.9 Å². The zero-order valence-corrected chi connectivity index (χ0v) is 19.9. The molecule has 1 atom stereocenters. The minimum Gasteiger partial charge on any atom is -0.379 e. The summed E-state index contributed by atoms with van der Waals surface area (Å²) in [6, 6.07) is 11.4. The van der Waals surface area contributed by atoms with Gasteiger partial charge in [-0.3, -0.25) is 9.69 Å². The predicted molar refractivity (Wildman–Crippen MR) is 132 cm³/mol. The number of carbonyl (C=O) groups excluding carboxylic acids is 1. The lowest BCUT2D eigenvalue weighted by Gasteiger charge is -2.35. The van der Waals surface area contributed by atoms with Gasteiger partial charge < -0.3 is 20.3 Å². The molecule has 2 aliphatic heterocycles. The van der Waals surface area contributed by atoms with Crippen LogP contribution in [0.3, 0.4) is 0 Å². The zero-order chi connectivity index (χ0) is 22.2. The van der Waals surface area contributed by atoms with Gasteiger partial charge in [0.25, 0.3) is 5.91 Å². The zero-order valence-electron chi connectivity index (χ0n) is 19.1. The number of amides is 1. The number of benzene rings is 1. The molecule has 0 bridgehead atoms. The molecule has 1 aromatic heterocycles. The quantitative estimate of drug-likeness (QED) is 0.608. The van der Waals surface area contributed by atoms with Crippen LogP contribution in [0.5, 0.6) is 0 Å². The summed E-state index contributed by atoms with van der Waals surface area (Å²) in [7, 11) is 0. The van der Waals surface area contributed by atoms with E-state index in [4.69, 9.17) is 4.74 Å². The Morgan fingerprint density at radius 3 is 2.56 bits per heavy atom. The van der Waals surface area contributed by atoms with E-state index in [1.165, 1.54) is 11.3 Å². The largest absolute Gasteiger partial charge is 0.379 e. The fraction of sp³-hybridized carbons (Fsp3) is 0.560. The first-order valence-corrected chi connectivity index (χ1v) is 12.8. The predicted octanol–water partition coefficient (Wildman–Crippen LogP) is 3.00. The van der Waals surface area contributed by atoms with E-state index in [2.05, 4.69) is 56.3 Å². The van der Waals surface area contributed by atoms with Crippen molar-refractivity contribution in [2.24, 2.45) is 0 Å². The van der Waals surface area contributed by atoms with Crippen molar-refractivity contribution in [3.63, 3.8) is 0 Å². The molecular formula is C25H36N4O2S. The molecule has 2 aliphatic rings. The second-order valence-electron chi connectivity index (χ2n) is 8.92. The maximum Gasteiger partial charge on any atom is 0.251 e. The molecule has 4 rings (SSSR count). The van der Waals surface area contributed by atoms with Crippen molar-refractivity contribution in [3.8, 4) is 0 Å². The molecule has 2 saturated heterocycles. The fourth-order valence-electron chi connectivity index (χ4n) is 4.61. The summed E-state index contributed by atoms with van der Waals surface area (Å²) >= 11 is 1.77. The van der Waals surface area contributed by atoms with E-state index in [9.17, 15) is 4.79 Å². The molecule has 2 N–H and O–H groups in total. The first-order valence-electron chi connectivity index (χ1n) is 11.9. The van der Waals surface area contributed by atoms with Gasteiger partial charge in [0.2, 0.25) is 0 Å². The number of carbonyl (C=O) groups is 1. The van der Waals surface area contributed by atoms with Crippen LogP contribution in [-0.2, 0) is 11.2 Å². The minimum absolute atomic E-state index is 0.00678. The van der Waals surface area contributed by atoms with Crippen molar-refractivity contribution in [2.75, 3.05) is 57.4 Å². The monoisotopic (exact) mass is 456 g/mol. The minimum atomic E-state index is 0.00678. The van der Waals surface area contributed by atoms with Gasteiger partial charge in [-0.1, -0.05) is 0 Å². The van der Waals surface area contributed by atoms with Crippen molar-refractivity contribution in [1.29, 1.82) is 0 Å². The Labute approximate surface area is 195 Å². The van der Waals surface area contributed by atoms with Crippen LogP contribution >= 0.6 is 11.3 Å². The molecule has 0 aliphatic carbocycles. The Bertz CT molecular complexity index is 813. The van der Waals surface area contributed by atoms with Gasteiger partial charge in [0.15, 0.2) is 0 Å². The molecule has 2 fully saturated rings. The normalized spacial score (nSPS) is 19.1. The number of nitrogens with zero attached hydrogens (tertiary/aromatic N) is 2. The summed E-state index contributed by atoms with van der Waals surface area (Å²) in [5, 5.41) is 11.3. The third-order valence-electron chi connectivity index (χ3n) is 6.45. The van der Waals surface area contributed by atoms with E-state index >= 15 is 0 Å². The first kappa shape index (κ1) is 23.2. The molecule has 0 unspecified atom stereocenters. The van der Waals surface area contributed by atoms with E-state index in [-0.39, 0.29) is 5.91 Å². The van der Waals surface area contributed by atoms with Gasteiger partial charge in [0, 0.05) is 62.6 Å². The van der Waals surface area contributed by atoms with E-state index in [1.54, 1.807) is 11.3 Å². The smallest absolute Gasteiger partial charge is 0.251 e. The Kier molecular flexibility index (Phi) is 8.56. The summed E-state index contributed by atoms with van der Waals surface area (Å²) < 4.78 is 5.36. The Balaban J connectivity index is 1.17. The third kappa shape index (κ3) is 6.78. The van der Waals surface area contributed by atoms with Crippen LogP contribution in [0.1, 0.15) is 35.7 Å². The average Bonchev–Trinajstić information content (AvgIpc) is 3.33. The van der Waals surface area contributed by atoms with E-state index in [0.29, 0.717) is 18.6 Å². The summed E-state index contributed by atoms with van der Waals surface area (Å²) in [5.74, 6) is 0.00678. The molecule has 0 saturated carbocycles. The van der Waals surface area contributed by atoms with Crippen LogP contribution in [0.15, 0.2) is 41.1 Å². The van der Waals surface area contributed by atoms with Crippen LogP contribution in [0.2, 0.25) is 0 Å². The molecule has 6 nitrogen and oxygen atoms in total. The van der Waals surface area contributed by atoms with Crippen LogP contribution in [0, 0.1) is 0 Å². The highest BCUT2D eigenvalue weighted by Crippen LogP contribution is 2.21. The highest BCUT2D eigenvalue weighted by Gasteiger charge is 2.21. The van der Waals surface area contributed by atoms with Crippen LogP contribution in [-0.4, -0.2) is 75.4 Å². The summed E-state index contributed by atoms with van der Waals surface area (Å²) in [5.41, 5.74) is 3.37. The molecular weight excluding hydrogens is 420 g/mol. The van der Waals surface area contributed by atoms with Gasteiger partial charge in [-0.25, -0.2) is 0 Å². The van der Waals surface area contributed by atoms with Crippen LogP contribution in [0.25, 0.3) is 0 Å². The molecule has 1 amide bonds. The van der Waals surface area contributed by atoms with Crippen molar-refractivity contribution in [1.82, 2.24) is 15.5 Å². The summed E-state index contributed by atoms with van der Waals surface area (Å²) in [6.45, 7) is 9.41. The van der Waals surface area contributed by atoms with Gasteiger partial charge in [-0.2, -0.15) is 11.3 Å². The number of morpholine rings is 1. The summed E-state index contributed by atoms with van der Waals surface area (Å²) in [6.07, 6.45) is 3.40. The second kappa shape index (κ2) is 11.8. The van der Waals surface area contributed by atoms with E-state index < -0.39 is 0 Å². The van der Waals surface area contributed by atoms with Gasteiger partial charge in [0.05, 0.1) is 13.2 Å². The fourth-order valence-corrected chi connectivity index (χ4v) is 5.29. The molecule has 3 heterocycles. The van der Waals surface area contributed by atoms with Crippen LogP contribution < -0.4 is 15.5 Å². The lowest BCUT2D eigenvalue weighted by molar-refractivity contribution is 0.0383. The molecule has 7 heteroatoms. The third-order valence-corrected chi connectivity index (χ3v) is 7.18. The van der Waals surface area contributed by atoms with Gasteiger partial charge >= 0.3 is 0 Å². The Hall–Kier alpha value is -1.93. The van der Waals surface area contributed by atoms with Crippen molar-refractivity contribution in [2.45, 2.75) is 38.3 Å². The van der Waals surface area contributed by atoms with Gasteiger partial charge in [0.1, 0.15) is 0 Å². The molecule has 0 radical (unpaired) electrons. The van der Waals surface area contributed by atoms with Crippen molar-refractivity contribution in [3.05, 3.63) is 52.2 Å². The Morgan fingerprint density at radius 2 is 1.88 bits per heavy atom. The number of thiophene rings is 1. The molecule has 2 aromatic rings. The summed E-state index contributed by atoms with van der Waals surface area (Å²) in [4.78, 5) is 17.2. The second-order valence-corrected chi connectivity index (χ2v) is 9.70. The van der Waals surface area contributed by atoms with Crippen molar-refractivity contribution < 1.29 is 9.53 Å². The van der Waals surface area contributed by atoms with E-state index in [0.717, 1.165) is 70.8 Å². The highest BCUT2D eigenvalue weighted by atomic mass is 32.1. The Morgan fingerprint density at radius 1 is 1.12 bits per heavy atom. The maximum atomic E-state index is 12.5. The van der Waals surface area contributed by atoms with Gasteiger partial charge in [-0.15, -0.1) is 0 Å². The number of rotatable bonds is 9. The highest BCUT2D eigenvalue weighted by molar-refractivity contribution is 7.07.